The number of carbonyl (C=O) groups excluding carboxylic acids is 1. The van der Waals surface area contributed by atoms with E-state index in [1.807, 2.05) is 43.3 Å². The van der Waals surface area contributed by atoms with Crippen LogP contribution in [-0.4, -0.2) is 20.1 Å². The van der Waals surface area contributed by atoms with E-state index in [0.717, 1.165) is 11.1 Å². The van der Waals surface area contributed by atoms with E-state index in [1.54, 1.807) is 23.7 Å². The zero-order valence-electron chi connectivity index (χ0n) is 15.2. The van der Waals surface area contributed by atoms with Crippen molar-refractivity contribution in [3.63, 3.8) is 0 Å². The number of nitrogens with one attached hydrogen (secondary N) is 1. The Hall–Kier alpha value is -3.35. The van der Waals surface area contributed by atoms with Crippen LogP contribution in [0.2, 0.25) is 0 Å². The van der Waals surface area contributed by atoms with Gasteiger partial charge in [-0.3, -0.25) is 14.0 Å². The third kappa shape index (κ3) is 2.91. The van der Waals surface area contributed by atoms with E-state index in [4.69, 9.17) is 4.42 Å². The van der Waals surface area contributed by atoms with Crippen LogP contribution in [-0.2, 0) is 17.8 Å². The molecule has 138 valence electrons. The highest BCUT2D eigenvalue weighted by Crippen LogP contribution is 2.21. The van der Waals surface area contributed by atoms with Crippen molar-refractivity contribution in [3.05, 3.63) is 70.5 Å². The van der Waals surface area contributed by atoms with Crippen LogP contribution in [0.4, 0.5) is 0 Å². The molecule has 4 aromatic rings. The zero-order chi connectivity index (χ0) is 19.0. The summed E-state index contributed by atoms with van der Waals surface area (Å²) in [6.07, 6.45) is 2.20. The molecule has 4 rings (SSSR count). The second-order valence-corrected chi connectivity index (χ2v) is 6.43. The van der Waals surface area contributed by atoms with E-state index < -0.39 is 6.04 Å². The second kappa shape index (κ2) is 6.75. The van der Waals surface area contributed by atoms with E-state index in [1.165, 1.54) is 4.68 Å². The lowest BCUT2D eigenvalue weighted by Gasteiger charge is -2.16. The molecule has 7 heteroatoms. The number of hydrogen-bond donors (Lipinski definition) is 1. The average molecular weight is 364 g/mol. The van der Waals surface area contributed by atoms with Gasteiger partial charge in [-0.15, -0.1) is 0 Å². The lowest BCUT2D eigenvalue weighted by Crippen LogP contribution is -2.38. The molecule has 0 aliphatic heterocycles. The van der Waals surface area contributed by atoms with Crippen molar-refractivity contribution >= 4 is 22.5 Å². The van der Waals surface area contributed by atoms with Crippen molar-refractivity contribution in [2.24, 2.45) is 0 Å². The molecule has 0 aliphatic carbocycles. The van der Waals surface area contributed by atoms with Crippen LogP contribution in [0.15, 0.2) is 57.9 Å². The van der Waals surface area contributed by atoms with E-state index in [0.29, 0.717) is 29.9 Å². The molecule has 0 unspecified atom stereocenters. The van der Waals surface area contributed by atoms with Crippen molar-refractivity contribution in [2.45, 2.75) is 32.9 Å². The third-order valence-electron chi connectivity index (χ3n) is 4.70. The lowest BCUT2D eigenvalue weighted by molar-refractivity contribution is -0.124. The third-order valence-corrected chi connectivity index (χ3v) is 4.70. The summed E-state index contributed by atoms with van der Waals surface area (Å²) in [6.45, 7) is 4.04. The summed E-state index contributed by atoms with van der Waals surface area (Å²) < 4.78 is 8.47. The Balaban J connectivity index is 1.69. The molecule has 0 aliphatic rings. The number of hydrogen-bond acceptors (Lipinski definition) is 4. The number of fused-ring (bicyclic) bond motifs is 3. The number of nitrogens with zero attached hydrogens (tertiary/aromatic N) is 3. The maximum atomic E-state index is 12.9. The van der Waals surface area contributed by atoms with Crippen LogP contribution >= 0.6 is 0 Å². The second-order valence-electron chi connectivity index (χ2n) is 6.43. The summed E-state index contributed by atoms with van der Waals surface area (Å²) in [4.78, 5) is 25.5. The highest BCUT2D eigenvalue weighted by Gasteiger charge is 2.22. The molecule has 0 saturated carbocycles. The van der Waals surface area contributed by atoms with Gasteiger partial charge in [-0.25, -0.2) is 4.68 Å². The average Bonchev–Trinajstić information content (AvgIpc) is 3.29. The number of aryl methyl sites for hydroxylation is 1. The molecule has 1 amide bonds. The molecule has 0 spiro atoms. The Morgan fingerprint density at radius 3 is 2.74 bits per heavy atom. The van der Waals surface area contributed by atoms with E-state index in [2.05, 4.69) is 10.4 Å². The zero-order valence-corrected chi connectivity index (χ0v) is 15.2. The van der Waals surface area contributed by atoms with E-state index in [-0.39, 0.29) is 11.5 Å². The Morgan fingerprint density at radius 1 is 1.22 bits per heavy atom. The van der Waals surface area contributed by atoms with Gasteiger partial charge in [0.05, 0.1) is 11.8 Å². The highest BCUT2D eigenvalue weighted by atomic mass is 16.3. The minimum atomic E-state index is -0.724. The van der Waals surface area contributed by atoms with Gasteiger partial charge in [0.2, 0.25) is 5.91 Å². The van der Waals surface area contributed by atoms with Crippen molar-refractivity contribution in [1.82, 2.24) is 19.5 Å². The normalized spacial score (nSPS) is 12.5. The minimum absolute atomic E-state index is 0.255. The van der Waals surface area contributed by atoms with Gasteiger partial charge in [-0.2, -0.15) is 5.10 Å². The summed E-state index contributed by atoms with van der Waals surface area (Å²) in [5, 5.41) is 7.33. The molecule has 0 radical (unpaired) electrons. The Morgan fingerprint density at radius 2 is 2.00 bits per heavy atom. The number of carbonyl (C=O) groups is 1. The number of rotatable bonds is 5. The van der Waals surface area contributed by atoms with Crippen LogP contribution in [0.3, 0.4) is 0 Å². The standard InChI is InChI=1S/C20H20N4O3/c1-3-18-22-24(13(2)19(25)21-12-14-7-5-4-6-8-14)20(26)16-11-17-15(23(16)18)9-10-27-17/h4-11,13H,3,12H2,1-2H3,(H,21,25)/t13-/m1/s1. The molecule has 0 saturated heterocycles. The van der Waals surface area contributed by atoms with Gasteiger partial charge in [-0.1, -0.05) is 37.3 Å². The first kappa shape index (κ1) is 17.1. The van der Waals surface area contributed by atoms with Gasteiger partial charge in [0.1, 0.15) is 17.4 Å². The molecule has 1 aromatic carbocycles. The largest absolute Gasteiger partial charge is 0.463 e. The van der Waals surface area contributed by atoms with Crippen LogP contribution in [0.5, 0.6) is 0 Å². The first-order valence-electron chi connectivity index (χ1n) is 8.92. The van der Waals surface area contributed by atoms with Crippen molar-refractivity contribution in [2.75, 3.05) is 0 Å². The topological polar surface area (TPSA) is 81.5 Å². The summed E-state index contributed by atoms with van der Waals surface area (Å²) in [6, 6.07) is 12.4. The van der Waals surface area contributed by atoms with Gasteiger partial charge < -0.3 is 9.73 Å². The summed E-state index contributed by atoms with van der Waals surface area (Å²) >= 11 is 0. The van der Waals surface area contributed by atoms with E-state index in [9.17, 15) is 9.59 Å². The van der Waals surface area contributed by atoms with Gasteiger partial charge >= 0.3 is 0 Å². The SMILES string of the molecule is CCc1nn([C@H](C)C(=O)NCc2ccccc2)c(=O)c2cc3occc3n12. The predicted octanol–water partition coefficient (Wildman–Crippen LogP) is 2.68. The Labute approximate surface area is 155 Å². The van der Waals surface area contributed by atoms with Crippen LogP contribution in [0, 0.1) is 0 Å². The highest BCUT2D eigenvalue weighted by molar-refractivity contribution is 5.83. The fourth-order valence-electron chi connectivity index (χ4n) is 3.23. The van der Waals surface area contributed by atoms with Crippen LogP contribution in [0.25, 0.3) is 16.6 Å². The molecule has 27 heavy (non-hydrogen) atoms. The Kier molecular flexibility index (Phi) is 4.27. The molecule has 1 N–H and O–H groups in total. The molecular weight excluding hydrogens is 344 g/mol. The number of furan rings is 1. The summed E-state index contributed by atoms with van der Waals surface area (Å²) in [7, 11) is 0. The smallest absolute Gasteiger partial charge is 0.291 e. The fourth-order valence-corrected chi connectivity index (χ4v) is 3.23. The lowest BCUT2D eigenvalue weighted by atomic mass is 10.2. The molecule has 1 atom stereocenters. The first-order valence-corrected chi connectivity index (χ1v) is 8.92. The number of amides is 1. The number of benzene rings is 1. The molecular formula is C20H20N4O3. The molecule has 3 heterocycles. The first-order chi connectivity index (χ1) is 13.1. The molecule has 3 aromatic heterocycles. The van der Waals surface area contributed by atoms with Gasteiger partial charge in [0, 0.05) is 25.1 Å². The number of aromatic nitrogens is 3. The monoisotopic (exact) mass is 364 g/mol. The fraction of sp³-hybridized carbons (Fsp3) is 0.250. The van der Waals surface area contributed by atoms with Crippen LogP contribution in [0.1, 0.15) is 31.3 Å². The predicted molar refractivity (Wildman–Crippen MR) is 102 cm³/mol. The van der Waals surface area contributed by atoms with Gasteiger partial charge in [-0.05, 0) is 12.5 Å². The molecule has 0 bridgehead atoms. The maximum absolute atomic E-state index is 12.9. The van der Waals surface area contributed by atoms with Gasteiger partial charge in [0.15, 0.2) is 5.58 Å². The van der Waals surface area contributed by atoms with Gasteiger partial charge in [0.25, 0.3) is 5.56 Å². The molecule has 0 fully saturated rings. The maximum Gasteiger partial charge on any atom is 0.291 e. The Bertz CT molecular complexity index is 1170. The quantitative estimate of drug-likeness (QED) is 0.590. The molecule has 7 nitrogen and oxygen atoms in total. The summed E-state index contributed by atoms with van der Waals surface area (Å²) in [5.41, 5.74) is 2.57. The van der Waals surface area contributed by atoms with Crippen molar-refractivity contribution < 1.29 is 9.21 Å². The van der Waals surface area contributed by atoms with Crippen molar-refractivity contribution in [1.29, 1.82) is 0 Å². The van der Waals surface area contributed by atoms with E-state index >= 15 is 0 Å². The summed E-state index contributed by atoms with van der Waals surface area (Å²) in [5.74, 6) is 0.443. The van der Waals surface area contributed by atoms with Crippen molar-refractivity contribution in [3.8, 4) is 0 Å². The van der Waals surface area contributed by atoms with Crippen LogP contribution < -0.4 is 10.9 Å². The minimum Gasteiger partial charge on any atom is -0.463 e.